The summed E-state index contributed by atoms with van der Waals surface area (Å²) in [6, 6.07) is 12.6. The van der Waals surface area contributed by atoms with Crippen LogP contribution in [-0.2, 0) is 6.54 Å². The Morgan fingerprint density at radius 1 is 1.18 bits per heavy atom. The van der Waals surface area contributed by atoms with E-state index in [1.807, 2.05) is 6.07 Å². The Labute approximate surface area is 197 Å². The number of thiophene rings is 1. The Morgan fingerprint density at radius 3 is 2.65 bits per heavy atom. The van der Waals surface area contributed by atoms with Gasteiger partial charge in [-0.05, 0) is 60.4 Å². The van der Waals surface area contributed by atoms with Crippen molar-refractivity contribution in [1.29, 1.82) is 5.26 Å². The van der Waals surface area contributed by atoms with E-state index in [4.69, 9.17) is 0 Å². The zero-order chi connectivity index (χ0) is 24.0. The molecule has 1 N–H and O–H groups in total. The van der Waals surface area contributed by atoms with Crippen LogP contribution in [0, 0.1) is 29.9 Å². The lowest BCUT2D eigenvalue weighted by molar-refractivity contribution is 0.0951. The Balaban J connectivity index is 1.63. The van der Waals surface area contributed by atoms with E-state index >= 15 is 0 Å². The summed E-state index contributed by atoms with van der Waals surface area (Å²) >= 11 is 1.16. The second-order valence-electron chi connectivity index (χ2n) is 8.28. The number of nitrogens with one attached hydrogen (secondary N) is 1. The fourth-order valence-electron chi connectivity index (χ4n) is 4.44. The van der Waals surface area contributed by atoms with Crippen molar-refractivity contribution in [2.75, 3.05) is 0 Å². The molecule has 8 heteroatoms. The van der Waals surface area contributed by atoms with Crippen LogP contribution >= 0.6 is 11.3 Å². The van der Waals surface area contributed by atoms with Crippen LogP contribution in [0.5, 0.6) is 0 Å². The first-order chi connectivity index (χ1) is 16.4. The van der Waals surface area contributed by atoms with Gasteiger partial charge in [-0.3, -0.25) is 14.2 Å². The van der Waals surface area contributed by atoms with Crippen LogP contribution in [0.4, 0.5) is 8.78 Å². The van der Waals surface area contributed by atoms with E-state index in [0.29, 0.717) is 21.8 Å². The fraction of sp³-hybridized carbons (Fsp3) is 0.192. The molecule has 34 heavy (non-hydrogen) atoms. The van der Waals surface area contributed by atoms with E-state index in [0.717, 1.165) is 24.2 Å². The normalized spacial score (nSPS) is 13.1. The highest BCUT2D eigenvalue weighted by Crippen LogP contribution is 2.43. The average molecular weight is 476 g/mol. The van der Waals surface area contributed by atoms with Gasteiger partial charge in [-0.1, -0.05) is 24.3 Å². The quantitative estimate of drug-likeness (QED) is 0.425. The van der Waals surface area contributed by atoms with Crippen LogP contribution in [-0.4, -0.2) is 10.5 Å². The first-order valence-corrected chi connectivity index (χ1v) is 11.7. The lowest BCUT2D eigenvalue weighted by Gasteiger charge is -2.17. The lowest BCUT2D eigenvalue weighted by atomic mass is 10.0. The summed E-state index contributed by atoms with van der Waals surface area (Å²) in [5, 5.41) is 14.2. The van der Waals surface area contributed by atoms with Crippen molar-refractivity contribution in [1.82, 2.24) is 9.88 Å². The highest BCUT2D eigenvalue weighted by Gasteiger charge is 2.29. The van der Waals surface area contributed by atoms with E-state index in [9.17, 15) is 23.6 Å². The fourth-order valence-corrected chi connectivity index (χ4v) is 5.34. The number of rotatable bonds is 5. The molecule has 0 unspecified atom stereocenters. The van der Waals surface area contributed by atoms with Gasteiger partial charge < -0.3 is 5.32 Å². The molecule has 5 rings (SSSR count). The van der Waals surface area contributed by atoms with Crippen LogP contribution in [0.2, 0.25) is 0 Å². The molecule has 1 fully saturated rings. The number of hydrogen-bond acceptors (Lipinski definition) is 4. The highest BCUT2D eigenvalue weighted by molar-refractivity contribution is 7.12. The van der Waals surface area contributed by atoms with Gasteiger partial charge in [0, 0.05) is 17.6 Å². The first kappa shape index (κ1) is 22.0. The van der Waals surface area contributed by atoms with Crippen LogP contribution in [0.25, 0.3) is 15.8 Å². The third kappa shape index (κ3) is 3.58. The molecule has 1 saturated carbocycles. The van der Waals surface area contributed by atoms with E-state index in [1.165, 1.54) is 28.8 Å². The molecule has 2 heterocycles. The Bertz CT molecular complexity index is 1560. The van der Waals surface area contributed by atoms with E-state index in [-0.39, 0.29) is 40.2 Å². The molecule has 2 aromatic carbocycles. The predicted octanol–water partition coefficient (Wildman–Crippen LogP) is 5.32. The van der Waals surface area contributed by atoms with Crippen molar-refractivity contribution in [2.24, 2.45) is 0 Å². The molecule has 0 radical (unpaired) electrons. The van der Waals surface area contributed by atoms with Gasteiger partial charge in [0.2, 0.25) is 0 Å². The smallest absolute Gasteiger partial charge is 0.266 e. The maximum atomic E-state index is 14.8. The van der Waals surface area contributed by atoms with Crippen molar-refractivity contribution < 1.29 is 13.6 Å². The molecule has 0 aliphatic heterocycles. The summed E-state index contributed by atoms with van der Waals surface area (Å²) in [4.78, 5) is 26.7. The number of carbonyl (C=O) groups excluding carboxylic acids is 1. The maximum Gasteiger partial charge on any atom is 0.266 e. The Hall–Kier alpha value is -3.83. The number of fused-ring (bicyclic) bond motifs is 1. The summed E-state index contributed by atoms with van der Waals surface area (Å²) in [5.74, 6) is -1.38. The van der Waals surface area contributed by atoms with Crippen molar-refractivity contribution in [3.05, 3.63) is 97.8 Å². The first-order valence-electron chi connectivity index (χ1n) is 10.8. The minimum absolute atomic E-state index is 0.0975. The van der Waals surface area contributed by atoms with Crippen LogP contribution in [0.1, 0.15) is 51.5 Å². The van der Waals surface area contributed by atoms with Crippen LogP contribution in [0.3, 0.4) is 0 Å². The zero-order valence-electron chi connectivity index (χ0n) is 18.2. The van der Waals surface area contributed by atoms with Gasteiger partial charge in [0.15, 0.2) is 0 Å². The summed E-state index contributed by atoms with van der Waals surface area (Å²) in [6.45, 7) is 1.69. The van der Waals surface area contributed by atoms with Gasteiger partial charge in [-0.15, -0.1) is 11.3 Å². The number of nitrogens with zero attached hydrogens (tertiary/aromatic N) is 2. The van der Waals surface area contributed by atoms with E-state index in [1.54, 1.807) is 30.5 Å². The lowest BCUT2D eigenvalue weighted by Crippen LogP contribution is -2.30. The molecule has 1 aliphatic rings. The maximum absolute atomic E-state index is 14.8. The van der Waals surface area contributed by atoms with Gasteiger partial charge in [0.05, 0.1) is 16.5 Å². The van der Waals surface area contributed by atoms with Gasteiger partial charge in [0.25, 0.3) is 11.5 Å². The molecule has 1 amide bonds. The third-order valence-corrected chi connectivity index (χ3v) is 7.06. The van der Waals surface area contributed by atoms with Crippen molar-refractivity contribution >= 4 is 28.0 Å². The molecular formula is C26H19F2N3O2S. The zero-order valence-corrected chi connectivity index (χ0v) is 19.0. The Morgan fingerprint density at radius 2 is 1.91 bits per heavy atom. The number of hydrogen-bond donors (Lipinski definition) is 1. The van der Waals surface area contributed by atoms with E-state index < -0.39 is 17.3 Å². The van der Waals surface area contributed by atoms with Crippen LogP contribution < -0.4 is 10.9 Å². The molecule has 170 valence electrons. The van der Waals surface area contributed by atoms with E-state index in [2.05, 4.69) is 5.32 Å². The van der Waals surface area contributed by atoms with Crippen molar-refractivity contribution in [2.45, 2.75) is 32.2 Å². The number of nitriles is 1. The molecule has 2 aromatic heterocycles. The highest BCUT2D eigenvalue weighted by atomic mass is 32.1. The van der Waals surface area contributed by atoms with Crippen molar-refractivity contribution in [3.63, 3.8) is 0 Å². The SMILES string of the molecule is Cc1c(C(=O)NCc2cccc(F)c2C2CC2)c2cccc(F)c2c(=O)n1-c1sccc1C#N. The van der Waals surface area contributed by atoms with Gasteiger partial charge in [-0.2, -0.15) is 5.26 Å². The summed E-state index contributed by atoms with van der Waals surface area (Å²) < 4.78 is 30.5. The minimum atomic E-state index is -0.749. The number of carbonyl (C=O) groups is 1. The molecule has 0 saturated heterocycles. The molecule has 0 spiro atoms. The second kappa shape index (κ2) is 8.50. The van der Waals surface area contributed by atoms with Crippen molar-refractivity contribution in [3.8, 4) is 11.1 Å². The number of amides is 1. The number of pyridine rings is 1. The molecular weight excluding hydrogens is 456 g/mol. The largest absolute Gasteiger partial charge is 0.348 e. The molecule has 5 nitrogen and oxygen atoms in total. The molecule has 0 bridgehead atoms. The predicted molar refractivity (Wildman–Crippen MR) is 126 cm³/mol. The molecule has 4 aromatic rings. The average Bonchev–Trinajstić information content (AvgIpc) is 3.54. The second-order valence-corrected chi connectivity index (χ2v) is 9.18. The summed E-state index contributed by atoms with van der Waals surface area (Å²) in [5.41, 5.74) is 1.37. The number of benzene rings is 2. The van der Waals surface area contributed by atoms with Gasteiger partial charge >= 0.3 is 0 Å². The topological polar surface area (TPSA) is 74.9 Å². The number of halogens is 2. The molecule has 1 aliphatic carbocycles. The standard InChI is InChI=1S/C26H19F2N3O2S/c1-14-21(24(32)30-13-17-4-2-6-19(27)22(17)15-8-9-15)18-5-3-7-20(28)23(18)25(33)31(14)26-16(12-29)10-11-34-26/h2-7,10-11,15H,8-9,13H2,1H3,(H,30,32). The van der Waals surface area contributed by atoms with Gasteiger partial charge in [-0.25, -0.2) is 8.78 Å². The minimum Gasteiger partial charge on any atom is -0.348 e. The molecule has 0 atom stereocenters. The van der Waals surface area contributed by atoms with Gasteiger partial charge in [0.1, 0.15) is 22.7 Å². The van der Waals surface area contributed by atoms with Crippen LogP contribution in [0.15, 0.2) is 52.6 Å². The summed E-state index contributed by atoms with van der Waals surface area (Å²) in [6.07, 6.45) is 1.83. The monoisotopic (exact) mass is 475 g/mol. The Kier molecular flexibility index (Phi) is 5.50. The third-order valence-electron chi connectivity index (χ3n) is 6.16. The number of aromatic nitrogens is 1. The summed E-state index contributed by atoms with van der Waals surface area (Å²) in [7, 11) is 0.